The summed E-state index contributed by atoms with van der Waals surface area (Å²) in [6.45, 7) is 7.93. The average Bonchev–Trinajstić information content (AvgIpc) is 3.01. The predicted octanol–water partition coefficient (Wildman–Crippen LogP) is 2.52. The number of hydrogen-bond acceptors (Lipinski definition) is 6. The van der Waals surface area contributed by atoms with E-state index < -0.39 is 0 Å². The lowest BCUT2D eigenvalue weighted by atomic mass is 10.3. The van der Waals surface area contributed by atoms with Crippen molar-refractivity contribution in [2.75, 3.05) is 26.2 Å². The Morgan fingerprint density at radius 2 is 1.90 bits per heavy atom. The summed E-state index contributed by atoms with van der Waals surface area (Å²) in [6, 6.07) is 4.32. The number of rotatable bonds is 4. The minimum Gasteiger partial charge on any atom is -0.338 e. The van der Waals surface area contributed by atoms with Gasteiger partial charge in [0.1, 0.15) is 0 Å². The Labute approximate surface area is 130 Å². The number of aromatic nitrogens is 2. The predicted molar refractivity (Wildman–Crippen MR) is 81.6 cm³/mol. The number of halogens is 1. The Bertz CT molecular complexity index is 512. The monoisotopic (exact) mass is 356 g/mol. The van der Waals surface area contributed by atoms with E-state index in [-0.39, 0.29) is 0 Å². The summed E-state index contributed by atoms with van der Waals surface area (Å²) in [4.78, 5) is 10.5. The van der Waals surface area contributed by atoms with Gasteiger partial charge in [0, 0.05) is 37.6 Å². The first-order valence-corrected chi connectivity index (χ1v) is 8.28. The number of thiophene rings is 1. The molecule has 0 aliphatic carbocycles. The van der Waals surface area contributed by atoms with Gasteiger partial charge in [-0.3, -0.25) is 9.80 Å². The molecular formula is C13H17BrN4OS. The molecule has 0 atom stereocenters. The summed E-state index contributed by atoms with van der Waals surface area (Å²) in [7, 11) is 0. The molecule has 7 heteroatoms. The van der Waals surface area contributed by atoms with E-state index in [1.807, 2.05) is 18.3 Å². The van der Waals surface area contributed by atoms with E-state index in [0.29, 0.717) is 5.82 Å². The molecule has 1 aliphatic rings. The van der Waals surface area contributed by atoms with E-state index in [4.69, 9.17) is 4.52 Å². The first-order chi connectivity index (χ1) is 9.69. The van der Waals surface area contributed by atoms with Gasteiger partial charge >= 0.3 is 0 Å². The molecule has 1 aliphatic heterocycles. The Kier molecular flexibility index (Phi) is 4.50. The van der Waals surface area contributed by atoms with Crippen LogP contribution in [0.1, 0.15) is 16.6 Å². The van der Waals surface area contributed by atoms with Crippen LogP contribution in [-0.4, -0.2) is 46.1 Å². The van der Waals surface area contributed by atoms with Crippen LogP contribution in [0.2, 0.25) is 0 Å². The van der Waals surface area contributed by atoms with E-state index in [2.05, 4.69) is 48.0 Å². The Morgan fingerprint density at radius 1 is 1.20 bits per heavy atom. The summed E-state index contributed by atoms with van der Waals surface area (Å²) in [5.74, 6) is 1.43. The van der Waals surface area contributed by atoms with Crippen molar-refractivity contribution in [3.8, 4) is 0 Å². The smallest absolute Gasteiger partial charge is 0.240 e. The third-order valence-corrected chi connectivity index (χ3v) is 5.01. The Morgan fingerprint density at radius 3 is 2.45 bits per heavy atom. The molecule has 0 amide bonds. The number of hydrogen-bond donors (Lipinski definition) is 0. The van der Waals surface area contributed by atoms with Crippen LogP contribution >= 0.6 is 27.3 Å². The average molecular weight is 357 g/mol. The first-order valence-electron chi connectivity index (χ1n) is 6.67. The van der Waals surface area contributed by atoms with Crippen molar-refractivity contribution in [1.29, 1.82) is 0 Å². The molecule has 0 bridgehead atoms. The zero-order valence-corrected chi connectivity index (χ0v) is 13.8. The van der Waals surface area contributed by atoms with Gasteiger partial charge in [-0.1, -0.05) is 5.16 Å². The summed E-state index contributed by atoms with van der Waals surface area (Å²) < 4.78 is 6.38. The second-order valence-corrected chi connectivity index (χ2v) is 7.54. The number of aryl methyl sites for hydroxylation is 1. The normalized spacial score (nSPS) is 17.7. The standard InChI is InChI=1S/C13H17BrN4OS/c1-10-15-13(19-16-10)9-18-6-4-17(5-7-18)8-11-2-3-12(14)20-11/h2-3H,4-9H2,1H3. The van der Waals surface area contributed by atoms with Crippen LogP contribution in [0.4, 0.5) is 0 Å². The van der Waals surface area contributed by atoms with Gasteiger partial charge < -0.3 is 4.52 Å². The highest BCUT2D eigenvalue weighted by molar-refractivity contribution is 9.11. The van der Waals surface area contributed by atoms with Crippen molar-refractivity contribution in [1.82, 2.24) is 19.9 Å². The summed E-state index contributed by atoms with van der Waals surface area (Å²) in [5, 5.41) is 3.83. The fourth-order valence-electron chi connectivity index (χ4n) is 2.36. The summed E-state index contributed by atoms with van der Waals surface area (Å²) in [6.07, 6.45) is 0. The molecular weight excluding hydrogens is 340 g/mol. The molecule has 0 unspecified atom stereocenters. The van der Waals surface area contributed by atoms with E-state index in [0.717, 1.165) is 45.2 Å². The summed E-state index contributed by atoms with van der Waals surface area (Å²) >= 11 is 5.33. The van der Waals surface area contributed by atoms with Crippen molar-refractivity contribution in [2.45, 2.75) is 20.0 Å². The van der Waals surface area contributed by atoms with Crippen molar-refractivity contribution in [3.05, 3.63) is 32.5 Å². The van der Waals surface area contributed by atoms with Crippen LogP contribution in [0, 0.1) is 6.92 Å². The topological polar surface area (TPSA) is 45.4 Å². The maximum absolute atomic E-state index is 5.17. The fraction of sp³-hybridized carbons (Fsp3) is 0.538. The van der Waals surface area contributed by atoms with Crippen molar-refractivity contribution >= 4 is 27.3 Å². The first kappa shape index (κ1) is 14.2. The molecule has 0 aromatic carbocycles. The van der Waals surface area contributed by atoms with E-state index in [9.17, 15) is 0 Å². The molecule has 0 radical (unpaired) electrons. The second kappa shape index (κ2) is 6.34. The van der Waals surface area contributed by atoms with Gasteiger partial charge in [0.05, 0.1) is 10.3 Å². The molecule has 108 valence electrons. The van der Waals surface area contributed by atoms with Crippen LogP contribution in [0.15, 0.2) is 20.4 Å². The molecule has 2 aromatic heterocycles. The highest BCUT2D eigenvalue weighted by Crippen LogP contribution is 2.23. The highest BCUT2D eigenvalue weighted by atomic mass is 79.9. The minimum atomic E-state index is 0.710. The Hall–Kier alpha value is -0.760. The van der Waals surface area contributed by atoms with E-state index in [1.165, 1.54) is 8.66 Å². The molecule has 3 rings (SSSR count). The quantitative estimate of drug-likeness (QED) is 0.842. The lowest BCUT2D eigenvalue weighted by Crippen LogP contribution is -2.45. The van der Waals surface area contributed by atoms with Gasteiger partial charge in [-0.05, 0) is 35.0 Å². The molecule has 1 saturated heterocycles. The lowest BCUT2D eigenvalue weighted by Gasteiger charge is -2.33. The molecule has 1 fully saturated rings. The third kappa shape index (κ3) is 3.66. The van der Waals surface area contributed by atoms with Gasteiger partial charge in [0.2, 0.25) is 5.89 Å². The Balaban J connectivity index is 1.47. The molecule has 0 N–H and O–H groups in total. The van der Waals surface area contributed by atoms with E-state index >= 15 is 0 Å². The fourth-order valence-corrected chi connectivity index (χ4v) is 3.88. The molecule has 0 saturated carbocycles. The van der Waals surface area contributed by atoms with Gasteiger partial charge in [-0.25, -0.2) is 0 Å². The van der Waals surface area contributed by atoms with Crippen LogP contribution in [0.5, 0.6) is 0 Å². The largest absolute Gasteiger partial charge is 0.338 e. The van der Waals surface area contributed by atoms with Crippen LogP contribution < -0.4 is 0 Å². The van der Waals surface area contributed by atoms with Gasteiger partial charge in [0.25, 0.3) is 0 Å². The van der Waals surface area contributed by atoms with Crippen LogP contribution in [0.3, 0.4) is 0 Å². The maximum atomic E-state index is 5.17. The highest BCUT2D eigenvalue weighted by Gasteiger charge is 2.19. The SMILES string of the molecule is Cc1noc(CN2CCN(Cc3ccc(Br)s3)CC2)n1. The molecule has 5 nitrogen and oxygen atoms in total. The number of piperazine rings is 1. The van der Waals surface area contributed by atoms with Gasteiger partial charge in [-0.2, -0.15) is 4.98 Å². The molecule has 0 spiro atoms. The maximum Gasteiger partial charge on any atom is 0.240 e. The van der Waals surface area contributed by atoms with E-state index in [1.54, 1.807) is 0 Å². The number of nitrogens with zero attached hydrogens (tertiary/aromatic N) is 4. The molecule has 2 aromatic rings. The minimum absolute atomic E-state index is 0.710. The zero-order valence-electron chi connectivity index (χ0n) is 11.4. The molecule has 20 heavy (non-hydrogen) atoms. The lowest BCUT2D eigenvalue weighted by molar-refractivity contribution is 0.113. The van der Waals surface area contributed by atoms with Crippen LogP contribution in [0.25, 0.3) is 0 Å². The molecule has 3 heterocycles. The van der Waals surface area contributed by atoms with Crippen molar-refractivity contribution < 1.29 is 4.52 Å². The van der Waals surface area contributed by atoms with Crippen LogP contribution in [-0.2, 0) is 13.1 Å². The zero-order chi connectivity index (χ0) is 13.9. The van der Waals surface area contributed by atoms with Gasteiger partial charge in [-0.15, -0.1) is 11.3 Å². The summed E-state index contributed by atoms with van der Waals surface area (Å²) in [5.41, 5.74) is 0. The second-order valence-electron chi connectivity index (χ2n) is 4.99. The van der Waals surface area contributed by atoms with Crippen molar-refractivity contribution in [3.63, 3.8) is 0 Å². The van der Waals surface area contributed by atoms with Gasteiger partial charge in [0.15, 0.2) is 5.82 Å². The third-order valence-electron chi connectivity index (χ3n) is 3.40. The van der Waals surface area contributed by atoms with Crippen molar-refractivity contribution in [2.24, 2.45) is 0 Å².